The van der Waals surface area contributed by atoms with E-state index in [2.05, 4.69) is 23.1 Å². The fraction of sp³-hybridized carbons (Fsp3) is 0.267. The van der Waals surface area contributed by atoms with Gasteiger partial charge in [0.2, 0.25) is 0 Å². The zero-order valence-corrected chi connectivity index (χ0v) is 11.8. The number of rotatable bonds is 4. The lowest BCUT2D eigenvalue weighted by atomic mass is 10.1. The number of aliphatic imine (C=N–C) groups is 1. The fourth-order valence-corrected chi connectivity index (χ4v) is 1.75. The minimum absolute atomic E-state index is 0.416. The summed E-state index contributed by atoms with van der Waals surface area (Å²) < 4.78 is 6.74. The van der Waals surface area contributed by atoms with Crippen LogP contribution in [0.4, 0.5) is 5.82 Å². The van der Waals surface area contributed by atoms with Crippen LogP contribution in [-0.2, 0) is 4.74 Å². The van der Waals surface area contributed by atoms with Crippen LogP contribution in [0.3, 0.4) is 0 Å². The van der Waals surface area contributed by atoms with E-state index in [1.807, 2.05) is 32.0 Å². The van der Waals surface area contributed by atoms with Gasteiger partial charge >= 0.3 is 0 Å². The van der Waals surface area contributed by atoms with Gasteiger partial charge in [0, 0.05) is 0 Å². The highest BCUT2D eigenvalue weighted by Crippen LogP contribution is 2.23. The Kier molecular flexibility index (Phi) is 4.16. The summed E-state index contributed by atoms with van der Waals surface area (Å²) in [5.41, 5.74) is 3.66. The maximum Gasteiger partial charge on any atom is 0.176 e. The van der Waals surface area contributed by atoms with Crippen molar-refractivity contribution in [2.75, 3.05) is 6.61 Å². The lowest BCUT2D eigenvalue weighted by molar-refractivity contribution is 0.343. The van der Waals surface area contributed by atoms with Gasteiger partial charge in [0.15, 0.2) is 12.2 Å². The van der Waals surface area contributed by atoms with Crippen molar-refractivity contribution in [1.29, 1.82) is 5.26 Å². The summed E-state index contributed by atoms with van der Waals surface area (Å²) in [7, 11) is 0. The Labute approximate surface area is 118 Å². The van der Waals surface area contributed by atoms with Crippen molar-refractivity contribution < 1.29 is 4.74 Å². The lowest BCUT2D eigenvalue weighted by Crippen LogP contribution is -1.98. The van der Waals surface area contributed by atoms with Crippen molar-refractivity contribution >= 4 is 12.2 Å². The molecular weight excluding hydrogens is 252 g/mol. The van der Waals surface area contributed by atoms with E-state index in [4.69, 9.17) is 10.00 Å². The smallest absolute Gasteiger partial charge is 0.176 e. The number of aromatic nitrogens is 2. The van der Waals surface area contributed by atoms with Crippen LogP contribution in [-0.4, -0.2) is 22.8 Å². The van der Waals surface area contributed by atoms with E-state index in [-0.39, 0.29) is 0 Å². The van der Waals surface area contributed by atoms with Crippen LogP contribution in [0.25, 0.3) is 5.69 Å². The topological polar surface area (TPSA) is 63.2 Å². The van der Waals surface area contributed by atoms with Gasteiger partial charge in [-0.15, -0.1) is 0 Å². The molecule has 20 heavy (non-hydrogen) atoms. The van der Waals surface area contributed by atoms with Crippen LogP contribution in [0, 0.1) is 25.2 Å². The highest BCUT2D eigenvalue weighted by Gasteiger charge is 2.11. The molecule has 1 aromatic carbocycles. The molecule has 0 N–H and O–H groups in total. The molecule has 5 heteroatoms. The normalized spacial score (nSPS) is 10.7. The maximum atomic E-state index is 9.12. The second kappa shape index (κ2) is 6.02. The molecule has 0 amide bonds. The Morgan fingerprint density at radius 3 is 2.85 bits per heavy atom. The van der Waals surface area contributed by atoms with E-state index >= 15 is 0 Å². The summed E-state index contributed by atoms with van der Waals surface area (Å²) in [5.74, 6) is 0.476. The lowest BCUT2D eigenvalue weighted by Gasteiger charge is -2.07. The molecular formula is C15H16N4O. The Morgan fingerprint density at radius 2 is 2.20 bits per heavy atom. The predicted molar refractivity (Wildman–Crippen MR) is 77.5 cm³/mol. The van der Waals surface area contributed by atoms with E-state index in [0.717, 1.165) is 11.3 Å². The third-order valence-corrected chi connectivity index (χ3v) is 3.02. The minimum Gasteiger partial charge on any atom is -0.483 e. The van der Waals surface area contributed by atoms with Crippen LogP contribution in [0.1, 0.15) is 23.6 Å². The first-order valence-corrected chi connectivity index (χ1v) is 6.37. The molecule has 0 unspecified atom stereocenters. The molecule has 0 fully saturated rings. The Balaban J connectivity index is 2.48. The molecule has 0 spiro atoms. The summed E-state index contributed by atoms with van der Waals surface area (Å²) in [6, 6.07) is 8.08. The molecule has 0 radical (unpaired) electrons. The SMILES string of the molecule is CCO/C=N/c1c(C#N)cnn1-c1ccc(C)c(C)c1. The van der Waals surface area contributed by atoms with E-state index in [0.29, 0.717) is 18.0 Å². The van der Waals surface area contributed by atoms with Gasteiger partial charge in [-0.3, -0.25) is 0 Å². The number of hydrogen-bond acceptors (Lipinski definition) is 4. The number of aryl methyl sites for hydroxylation is 2. The average molecular weight is 268 g/mol. The van der Waals surface area contributed by atoms with Crippen LogP contribution in [0.2, 0.25) is 0 Å². The number of ether oxygens (including phenoxy) is 1. The fourth-order valence-electron chi connectivity index (χ4n) is 1.75. The number of benzene rings is 1. The van der Waals surface area contributed by atoms with E-state index < -0.39 is 0 Å². The summed E-state index contributed by atoms with van der Waals surface area (Å²) in [5, 5.41) is 13.3. The molecule has 1 aromatic heterocycles. The number of nitrogens with zero attached hydrogens (tertiary/aromatic N) is 4. The van der Waals surface area contributed by atoms with Gasteiger partial charge < -0.3 is 4.74 Å². The van der Waals surface area contributed by atoms with Crippen LogP contribution >= 0.6 is 0 Å². The van der Waals surface area contributed by atoms with Crippen molar-refractivity contribution in [1.82, 2.24) is 9.78 Å². The standard InChI is InChI=1S/C15H16N4O/c1-4-20-10-17-15-13(8-16)9-18-19(15)14-6-5-11(2)12(3)7-14/h5-7,9-10H,4H2,1-3H3/b17-10+. The minimum atomic E-state index is 0.416. The number of nitriles is 1. The van der Waals surface area contributed by atoms with Gasteiger partial charge in [-0.05, 0) is 44.0 Å². The summed E-state index contributed by atoms with van der Waals surface area (Å²) >= 11 is 0. The molecule has 2 aromatic rings. The zero-order chi connectivity index (χ0) is 14.5. The zero-order valence-electron chi connectivity index (χ0n) is 11.8. The van der Waals surface area contributed by atoms with Crippen molar-refractivity contribution in [3.63, 3.8) is 0 Å². The van der Waals surface area contributed by atoms with Crippen molar-refractivity contribution in [2.45, 2.75) is 20.8 Å². The molecule has 0 aliphatic heterocycles. The van der Waals surface area contributed by atoms with E-state index in [9.17, 15) is 0 Å². The van der Waals surface area contributed by atoms with Gasteiger partial charge in [-0.1, -0.05) is 6.07 Å². The van der Waals surface area contributed by atoms with Crippen molar-refractivity contribution in [3.8, 4) is 11.8 Å². The molecule has 0 bridgehead atoms. The molecule has 0 saturated heterocycles. The monoisotopic (exact) mass is 268 g/mol. The third kappa shape index (κ3) is 2.69. The third-order valence-electron chi connectivity index (χ3n) is 3.02. The summed E-state index contributed by atoms with van der Waals surface area (Å²) in [6.45, 7) is 6.49. The van der Waals surface area contributed by atoms with Crippen LogP contribution < -0.4 is 0 Å². The molecule has 0 atom stereocenters. The molecule has 102 valence electrons. The Bertz CT molecular complexity index is 680. The Morgan fingerprint density at radius 1 is 1.40 bits per heavy atom. The largest absolute Gasteiger partial charge is 0.483 e. The first kappa shape index (κ1) is 13.8. The van der Waals surface area contributed by atoms with Gasteiger partial charge in [0.25, 0.3) is 0 Å². The molecule has 2 rings (SSSR count). The Hall–Kier alpha value is -2.61. The molecule has 5 nitrogen and oxygen atoms in total. The first-order chi connectivity index (χ1) is 9.67. The highest BCUT2D eigenvalue weighted by atomic mass is 16.5. The maximum absolute atomic E-state index is 9.12. The quantitative estimate of drug-likeness (QED) is 0.632. The molecule has 0 aliphatic carbocycles. The first-order valence-electron chi connectivity index (χ1n) is 6.37. The van der Waals surface area contributed by atoms with Crippen molar-refractivity contribution in [3.05, 3.63) is 41.1 Å². The van der Waals surface area contributed by atoms with Crippen LogP contribution in [0.15, 0.2) is 29.4 Å². The van der Waals surface area contributed by atoms with Crippen molar-refractivity contribution in [2.24, 2.45) is 4.99 Å². The predicted octanol–water partition coefficient (Wildman–Crippen LogP) is 3.06. The number of hydrogen-bond donors (Lipinski definition) is 0. The van der Waals surface area contributed by atoms with Gasteiger partial charge in [-0.2, -0.15) is 15.4 Å². The second-order valence-electron chi connectivity index (χ2n) is 4.36. The molecule has 0 saturated carbocycles. The van der Waals surface area contributed by atoms with E-state index in [1.54, 1.807) is 4.68 Å². The van der Waals surface area contributed by atoms with Gasteiger partial charge in [0.05, 0.1) is 18.5 Å². The molecule has 1 heterocycles. The van der Waals surface area contributed by atoms with E-state index in [1.165, 1.54) is 18.2 Å². The summed E-state index contributed by atoms with van der Waals surface area (Å²) in [4.78, 5) is 4.19. The molecule has 0 aliphatic rings. The summed E-state index contributed by atoms with van der Waals surface area (Å²) in [6.07, 6.45) is 2.85. The van der Waals surface area contributed by atoms with Gasteiger partial charge in [-0.25, -0.2) is 4.68 Å². The second-order valence-corrected chi connectivity index (χ2v) is 4.36. The highest BCUT2D eigenvalue weighted by molar-refractivity contribution is 5.60. The average Bonchev–Trinajstić information content (AvgIpc) is 2.85. The van der Waals surface area contributed by atoms with Gasteiger partial charge in [0.1, 0.15) is 11.6 Å². The van der Waals surface area contributed by atoms with Crippen LogP contribution in [0.5, 0.6) is 0 Å².